The number of amides is 2. The normalized spacial score (nSPS) is 13.5. The van der Waals surface area contributed by atoms with Gasteiger partial charge >= 0.3 is 0 Å². The lowest BCUT2D eigenvalue weighted by Crippen LogP contribution is -2.32. The second-order valence-corrected chi connectivity index (χ2v) is 7.27. The Bertz CT molecular complexity index is 1180. The zero-order valence-corrected chi connectivity index (χ0v) is 18.2. The summed E-state index contributed by atoms with van der Waals surface area (Å²) in [5, 5.41) is 3.18. The van der Waals surface area contributed by atoms with Crippen molar-refractivity contribution in [2.24, 2.45) is 0 Å². The SMILES string of the molecule is CCc1ccc(NC2=C(c3ccccc3OC)C(=O)N(c3ccc(OC)cc3)C2=O)cc1. The Morgan fingerprint density at radius 3 is 2.12 bits per heavy atom. The summed E-state index contributed by atoms with van der Waals surface area (Å²) in [7, 11) is 3.10. The number of ether oxygens (including phenoxy) is 2. The number of anilines is 2. The number of nitrogens with zero attached hydrogens (tertiary/aromatic N) is 1. The number of nitrogens with one attached hydrogen (secondary N) is 1. The van der Waals surface area contributed by atoms with E-state index in [9.17, 15) is 9.59 Å². The first-order valence-electron chi connectivity index (χ1n) is 10.3. The largest absolute Gasteiger partial charge is 0.497 e. The molecule has 0 aliphatic carbocycles. The maximum absolute atomic E-state index is 13.6. The molecule has 0 radical (unpaired) electrons. The van der Waals surface area contributed by atoms with E-state index in [1.165, 1.54) is 10.5 Å². The molecular weight excluding hydrogens is 404 g/mol. The van der Waals surface area contributed by atoms with Gasteiger partial charge in [0.2, 0.25) is 0 Å². The molecule has 3 aromatic rings. The van der Waals surface area contributed by atoms with Gasteiger partial charge in [-0.25, -0.2) is 4.90 Å². The zero-order valence-electron chi connectivity index (χ0n) is 18.2. The van der Waals surface area contributed by atoms with Gasteiger partial charge in [-0.05, 0) is 54.4 Å². The number of rotatable bonds is 7. The first-order valence-corrected chi connectivity index (χ1v) is 10.3. The third-order valence-corrected chi connectivity index (χ3v) is 5.42. The fourth-order valence-corrected chi connectivity index (χ4v) is 3.68. The minimum absolute atomic E-state index is 0.208. The van der Waals surface area contributed by atoms with Crippen molar-refractivity contribution in [2.45, 2.75) is 13.3 Å². The number of hydrogen-bond donors (Lipinski definition) is 1. The first kappa shape index (κ1) is 21.2. The molecule has 162 valence electrons. The van der Waals surface area contributed by atoms with Crippen molar-refractivity contribution < 1.29 is 19.1 Å². The number of carbonyl (C=O) groups is 2. The van der Waals surface area contributed by atoms with Crippen LogP contribution in [0.15, 0.2) is 78.5 Å². The monoisotopic (exact) mass is 428 g/mol. The average molecular weight is 428 g/mol. The van der Waals surface area contributed by atoms with E-state index in [2.05, 4.69) is 12.2 Å². The summed E-state index contributed by atoms with van der Waals surface area (Å²) < 4.78 is 10.7. The van der Waals surface area contributed by atoms with Crippen molar-refractivity contribution in [3.8, 4) is 11.5 Å². The summed E-state index contributed by atoms with van der Waals surface area (Å²) in [4.78, 5) is 28.2. The van der Waals surface area contributed by atoms with Gasteiger partial charge < -0.3 is 14.8 Å². The van der Waals surface area contributed by atoms with Crippen molar-refractivity contribution in [1.82, 2.24) is 0 Å². The molecule has 6 nitrogen and oxygen atoms in total. The van der Waals surface area contributed by atoms with Crippen LogP contribution < -0.4 is 19.7 Å². The van der Waals surface area contributed by atoms with Crippen molar-refractivity contribution in [3.05, 3.63) is 89.6 Å². The molecule has 0 saturated carbocycles. The summed E-state index contributed by atoms with van der Waals surface area (Å²) in [5.74, 6) is 0.305. The Morgan fingerprint density at radius 2 is 1.50 bits per heavy atom. The minimum atomic E-state index is -0.430. The number of aryl methyl sites for hydroxylation is 1. The molecule has 6 heteroatoms. The Balaban J connectivity index is 1.81. The van der Waals surface area contributed by atoms with E-state index in [1.54, 1.807) is 50.6 Å². The van der Waals surface area contributed by atoms with E-state index in [-0.39, 0.29) is 11.3 Å². The van der Waals surface area contributed by atoms with E-state index in [0.717, 1.165) is 12.1 Å². The Hall–Kier alpha value is -4.06. The molecule has 2 amide bonds. The lowest BCUT2D eigenvalue weighted by Gasteiger charge is -2.16. The first-order chi connectivity index (χ1) is 15.6. The van der Waals surface area contributed by atoms with Gasteiger partial charge in [-0.1, -0.05) is 37.3 Å². The highest BCUT2D eigenvalue weighted by atomic mass is 16.5. The fourth-order valence-electron chi connectivity index (χ4n) is 3.68. The van der Waals surface area contributed by atoms with Crippen LogP contribution in [0.25, 0.3) is 5.57 Å². The number of carbonyl (C=O) groups excluding carboxylic acids is 2. The number of hydrogen-bond acceptors (Lipinski definition) is 5. The van der Waals surface area contributed by atoms with E-state index in [4.69, 9.17) is 9.47 Å². The summed E-state index contributed by atoms with van der Waals surface area (Å²) in [5.41, 5.74) is 3.40. The summed E-state index contributed by atoms with van der Waals surface area (Å²) in [6.07, 6.45) is 0.915. The van der Waals surface area contributed by atoms with E-state index < -0.39 is 11.8 Å². The van der Waals surface area contributed by atoms with Crippen LogP contribution in [0.2, 0.25) is 0 Å². The highest BCUT2D eigenvalue weighted by molar-refractivity contribution is 6.46. The smallest absolute Gasteiger partial charge is 0.282 e. The third-order valence-electron chi connectivity index (χ3n) is 5.42. The zero-order chi connectivity index (χ0) is 22.7. The maximum Gasteiger partial charge on any atom is 0.282 e. The maximum atomic E-state index is 13.6. The standard InChI is InChI=1S/C26H24N2O4/c1-4-17-9-11-18(12-10-17)27-24-23(21-7-5-6-8-22(21)32-3)25(29)28(26(24)30)19-13-15-20(31-2)16-14-19/h5-16,27H,4H2,1-3H3. The number of para-hydroxylation sites is 1. The molecule has 4 rings (SSSR count). The van der Waals surface area contributed by atoms with E-state index >= 15 is 0 Å². The van der Waals surface area contributed by atoms with Crippen LogP contribution in [-0.4, -0.2) is 26.0 Å². The lowest BCUT2D eigenvalue weighted by molar-refractivity contribution is -0.120. The van der Waals surface area contributed by atoms with Crippen molar-refractivity contribution in [3.63, 3.8) is 0 Å². The van der Waals surface area contributed by atoms with Gasteiger partial charge in [0, 0.05) is 11.3 Å². The van der Waals surface area contributed by atoms with Crippen LogP contribution in [0.3, 0.4) is 0 Å². The third kappa shape index (κ3) is 3.83. The van der Waals surface area contributed by atoms with Crippen molar-refractivity contribution in [1.29, 1.82) is 0 Å². The molecule has 32 heavy (non-hydrogen) atoms. The average Bonchev–Trinajstić information content (AvgIpc) is 3.08. The predicted molar refractivity (Wildman–Crippen MR) is 125 cm³/mol. The van der Waals surface area contributed by atoms with Crippen LogP contribution >= 0.6 is 0 Å². The fraction of sp³-hybridized carbons (Fsp3) is 0.154. The second-order valence-electron chi connectivity index (χ2n) is 7.27. The number of methoxy groups -OCH3 is 2. The molecular formula is C26H24N2O4. The van der Waals surface area contributed by atoms with Crippen LogP contribution in [0.4, 0.5) is 11.4 Å². The van der Waals surface area contributed by atoms with E-state index in [0.29, 0.717) is 22.7 Å². The molecule has 1 aliphatic rings. The molecule has 1 aliphatic heterocycles. The number of imide groups is 1. The van der Waals surface area contributed by atoms with Gasteiger partial charge in [0.1, 0.15) is 17.2 Å². The molecule has 0 saturated heterocycles. The molecule has 3 aromatic carbocycles. The molecule has 0 atom stereocenters. The molecule has 0 unspecified atom stereocenters. The Labute approximate surface area is 187 Å². The summed E-state index contributed by atoms with van der Waals surface area (Å²) in [6, 6.07) is 21.8. The van der Waals surface area contributed by atoms with Crippen LogP contribution in [0.1, 0.15) is 18.1 Å². The van der Waals surface area contributed by atoms with Gasteiger partial charge in [-0.3, -0.25) is 9.59 Å². The van der Waals surface area contributed by atoms with Crippen molar-refractivity contribution in [2.75, 3.05) is 24.4 Å². The van der Waals surface area contributed by atoms with Gasteiger partial charge in [0.25, 0.3) is 11.8 Å². The molecule has 1 N–H and O–H groups in total. The summed E-state index contributed by atoms with van der Waals surface area (Å²) in [6.45, 7) is 2.08. The molecule has 1 heterocycles. The number of benzene rings is 3. The highest BCUT2D eigenvalue weighted by Gasteiger charge is 2.41. The van der Waals surface area contributed by atoms with Gasteiger partial charge in [-0.15, -0.1) is 0 Å². The molecule has 0 aromatic heterocycles. The topological polar surface area (TPSA) is 67.9 Å². The van der Waals surface area contributed by atoms with Crippen LogP contribution in [-0.2, 0) is 16.0 Å². The Kier molecular flexibility index (Phi) is 5.94. The van der Waals surface area contributed by atoms with Gasteiger partial charge in [-0.2, -0.15) is 0 Å². The van der Waals surface area contributed by atoms with Gasteiger partial charge in [0.15, 0.2) is 0 Å². The molecule has 0 fully saturated rings. The van der Waals surface area contributed by atoms with Gasteiger partial charge in [0.05, 0.1) is 25.5 Å². The predicted octanol–water partition coefficient (Wildman–Crippen LogP) is 4.66. The molecule has 0 bridgehead atoms. The quantitative estimate of drug-likeness (QED) is 0.554. The highest BCUT2D eigenvalue weighted by Crippen LogP contribution is 2.37. The second kappa shape index (κ2) is 8.98. The van der Waals surface area contributed by atoms with E-state index in [1.807, 2.05) is 36.4 Å². The summed E-state index contributed by atoms with van der Waals surface area (Å²) >= 11 is 0. The van der Waals surface area contributed by atoms with Crippen LogP contribution in [0, 0.1) is 0 Å². The Morgan fingerprint density at radius 1 is 0.812 bits per heavy atom. The minimum Gasteiger partial charge on any atom is -0.497 e. The molecule has 0 spiro atoms. The lowest BCUT2D eigenvalue weighted by atomic mass is 10.0. The van der Waals surface area contributed by atoms with Crippen molar-refractivity contribution >= 4 is 28.8 Å². The van der Waals surface area contributed by atoms with Crippen LogP contribution in [0.5, 0.6) is 11.5 Å².